The molecule has 2 atom stereocenters. The summed E-state index contributed by atoms with van der Waals surface area (Å²) in [6.07, 6.45) is 5.60. The maximum atomic E-state index is 11.8. The number of carboxylic acids is 1. The second-order valence-corrected chi connectivity index (χ2v) is 5.71. The SMILES string of the molecule is O=C(C=Cc1cccc(Cl)c1)NCC1CCCC1C(=O)O. The Morgan fingerprint density at radius 1 is 1.38 bits per heavy atom. The van der Waals surface area contributed by atoms with Gasteiger partial charge < -0.3 is 10.4 Å². The van der Waals surface area contributed by atoms with Gasteiger partial charge in [0.05, 0.1) is 5.92 Å². The second kappa shape index (κ2) is 7.27. The number of carbonyl (C=O) groups excluding carboxylic acids is 1. The van der Waals surface area contributed by atoms with E-state index in [1.807, 2.05) is 12.1 Å². The maximum absolute atomic E-state index is 11.8. The van der Waals surface area contributed by atoms with Crippen molar-refractivity contribution in [3.05, 3.63) is 40.9 Å². The largest absolute Gasteiger partial charge is 0.481 e. The Kier molecular flexibility index (Phi) is 5.39. The van der Waals surface area contributed by atoms with E-state index in [-0.39, 0.29) is 17.7 Å². The lowest BCUT2D eigenvalue weighted by Gasteiger charge is -2.15. The van der Waals surface area contributed by atoms with Gasteiger partial charge in [0.2, 0.25) is 5.91 Å². The van der Waals surface area contributed by atoms with Crippen molar-refractivity contribution in [1.29, 1.82) is 0 Å². The standard InChI is InChI=1S/C16H18ClNO3/c17-13-5-1-3-11(9-13)7-8-15(19)18-10-12-4-2-6-14(12)16(20)21/h1,3,5,7-9,12,14H,2,4,6,10H2,(H,18,19)(H,20,21). The van der Waals surface area contributed by atoms with Gasteiger partial charge in [-0.3, -0.25) is 9.59 Å². The highest BCUT2D eigenvalue weighted by atomic mass is 35.5. The molecule has 1 fully saturated rings. The predicted octanol–water partition coefficient (Wildman–Crippen LogP) is 2.97. The monoisotopic (exact) mass is 307 g/mol. The fourth-order valence-corrected chi connectivity index (χ4v) is 2.88. The molecule has 1 aliphatic rings. The van der Waals surface area contributed by atoms with E-state index in [0.717, 1.165) is 18.4 Å². The lowest BCUT2D eigenvalue weighted by molar-refractivity contribution is -0.143. The molecule has 1 aromatic carbocycles. The summed E-state index contributed by atoms with van der Waals surface area (Å²) in [5.74, 6) is -1.28. The first-order chi connectivity index (χ1) is 10.1. The van der Waals surface area contributed by atoms with Crippen molar-refractivity contribution in [1.82, 2.24) is 5.32 Å². The van der Waals surface area contributed by atoms with Gasteiger partial charge in [-0.1, -0.05) is 30.2 Å². The minimum atomic E-state index is -0.763. The number of halogens is 1. The van der Waals surface area contributed by atoms with Gasteiger partial charge in [-0.15, -0.1) is 0 Å². The van der Waals surface area contributed by atoms with Crippen LogP contribution in [0, 0.1) is 11.8 Å². The van der Waals surface area contributed by atoms with Crippen LogP contribution in [0.5, 0.6) is 0 Å². The van der Waals surface area contributed by atoms with E-state index in [9.17, 15) is 9.59 Å². The molecular formula is C16H18ClNO3. The first-order valence-electron chi connectivity index (χ1n) is 7.00. The molecule has 2 N–H and O–H groups in total. The van der Waals surface area contributed by atoms with Crippen molar-refractivity contribution in [2.45, 2.75) is 19.3 Å². The zero-order valence-electron chi connectivity index (χ0n) is 11.6. The number of nitrogens with one attached hydrogen (secondary N) is 1. The van der Waals surface area contributed by atoms with Crippen molar-refractivity contribution in [2.75, 3.05) is 6.54 Å². The minimum absolute atomic E-state index is 0.0334. The van der Waals surface area contributed by atoms with Crippen LogP contribution in [-0.4, -0.2) is 23.5 Å². The average molecular weight is 308 g/mol. The molecule has 1 amide bonds. The Morgan fingerprint density at radius 3 is 2.90 bits per heavy atom. The van der Waals surface area contributed by atoms with Gasteiger partial charge in [0.15, 0.2) is 0 Å². The van der Waals surface area contributed by atoms with Crippen molar-refractivity contribution in [2.24, 2.45) is 11.8 Å². The van der Waals surface area contributed by atoms with Crippen LogP contribution < -0.4 is 5.32 Å². The van der Waals surface area contributed by atoms with Gasteiger partial charge in [-0.25, -0.2) is 0 Å². The number of carbonyl (C=O) groups is 2. The predicted molar refractivity (Wildman–Crippen MR) is 82.0 cm³/mol. The molecule has 0 spiro atoms. The third kappa shape index (κ3) is 4.60. The Balaban J connectivity index is 1.83. The molecule has 0 bridgehead atoms. The van der Waals surface area contributed by atoms with E-state index >= 15 is 0 Å². The van der Waals surface area contributed by atoms with Crippen LogP contribution in [0.1, 0.15) is 24.8 Å². The summed E-state index contributed by atoms with van der Waals surface area (Å²) >= 11 is 5.86. The highest BCUT2D eigenvalue weighted by Crippen LogP contribution is 2.31. The minimum Gasteiger partial charge on any atom is -0.481 e. The molecule has 1 saturated carbocycles. The summed E-state index contributed by atoms with van der Waals surface area (Å²) in [5.41, 5.74) is 0.849. The third-order valence-corrected chi connectivity index (χ3v) is 4.03. The van der Waals surface area contributed by atoms with Crippen molar-refractivity contribution >= 4 is 29.6 Å². The number of hydrogen-bond acceptors (Lipinski definition) is 2. The summed E-state index contributed by atoms with van der Waals surface area (Å²) in [7, 11) is 0. The van der Waals surface area contributed by atoms with Crippen LogP contribution in [0.15, 0.2) is 30.3 Å². The number of hydrogen-bond donors (Lipinski definition) is 2. The number of rotatable bonds is 5. The summed E-state index contributed by atoms with van der Waals surface area (Å²) in [6.45, 7) is 0.412. The normalized spacial score (nSPS) is 21.6. The molecular weight excluding hydrogens is 290 g/mol. The molecule has 0 saturated heterocycles. The average Bonchev–Trinajstić information content (AvgIpc) is 2.91. The molecule has 4 nitrogen and oxygen atoms in total. The van der Waals surface area contributed by atoms with Crippen LogP contribution in [0.3, 0.4) is 0 Å². The Bertz CT molecular complexity index is 556. The third-order valence-electron chi connectivity index (χ3n) is 3.79. The van der Waals surface area contributed by atoms with Gasteiger partial charge in [0, 0.05) is 17.6 Å². The molecule has 2 rings (SSSR count). The van der Waals surface area contributed by atoms with Gasteiger partial charge in [0.1, 0.15) is 0 Å². The zero-order valence-corrected chi connectivity index (χ0v) is 12.3. The van der Waals surface area contributed by atoms with Crippen LogP contribution in [0.25, 0.3) is 6.08 Å². The van der Waals surface area contributed by atoms with E-state index in [1.165, 1.54) is 6.08 Å². The van der Waals surface area contributed by atoms with Crippen LogP contribution in [-0.2, 0) is 9.59 Å². The number of aliphatic carboxylic acids is 1. The molecule has 1 aromatic rings. The number of carboxylic acid groups (broad SMARTS) is 1. The fourth-order valence-electron chi connectivity index (χ4n) is 2.68. The highest BCUT2D eigenvalue weighted by molar-refractivity contribution is 6.30. The topological polar surface area (TPSA) is 66.4 Å². The van der Waals surface area contributed by atoms with E-state index in [2.05, 4.69) is 5.32 Å². The zero-order chi connectivity index (χ0) is 15.2. The van der Waals surface area contributed by atoms with E-state index in [4.69, 9.17) is 16.7 Å². The summed E-state index contributed by atoms with van der Waals surface area (Å²) < 4.78 is 0. The summed E-state index contributed by atoms with van der Waals surface area (Å²) in [4.78, 5) is 22.8. The molecule has 0 heterocycles. The van der Waals surface area contributed by atoms with Crippen LogP contribution in [0.4, 0.5) is 0 Å². The molecule has 1 aliphatic carbocycles. The Labute approximate surface area is 128 Å². The Morgan fingerprint density at radius 2 is 2.19 bits per heavy atom. The molecule has 21 heavy (non-hydrogen) atoms. The number of amides is 1. The number of benzene rings is 1. The van der Waals surface area contributed by atoms with Crippen LogP contribution in [0.2, 0.25) is 5.02 Å². The van der Waals surface area contributed by atoms with Gasteiger partial charge in [0.25, 0.3) is 0 Å². The van der Waals surface area contributed by atoms with Crippen molar-refractivity contribution < 1.29 is 14.7 Å². The lowest BCUT2D eigenvalue weighted by Crippen LogP contribution is -2.32. The van der Waals surface area contributed by atoms with Crippen LogP contribution >= 0.6 is 11.6 Å². The van der Waals surface area contributed by atoms with E-state index < -0.39 is 5.97 Å². The molecule has 112 valence electrons. The maximum Gasteiger partial charge on any atom is 0.306 e. The quantitative estimate of drug-likeness (QED) is 0.822. The smallest absolute Gasteiger partial charge is 0.306 e. The van der Waals surface area contributed by atoms with Gasteiger partial charge >= 0.3 is 5.97 Å². The molecule has 0 radical (unpaired) electrons. The molecule has 0 aromatic heterocycles. The van der Waals surface area contributed by atoms with Gasteiger partial charge in [-0.05, 0) is 42.5 Å². The first kappa shape index (κ1) is 15.6. The lowest BCUT2D eigenvalue weighted by atomic mass is 9.96. The first-order valence-corrected chi connectivity index (χ1v) is 7.38. The molecule has 2 unspecified atom stereocenters. The molecule has 5 heteroatoms. The Hall–Kier alpha value is -1.81. The molecule has 0 aliphatic heterocycles. The van der Waals surface area contributed by atoms with Crippen molar-refractivity contribution in [3.8, 4) is 0 Å². The van der Waals surface area contributed by atoms with E-state index in [0.29, 0.717) is 18.0 Å². The van der Waals surface area contributed by atoms with Gasteiger partial charge in [-0.2, -0.15) is 0 Å². The van der Waals surface area contributed by atoms with Crippen molar-refractivity contribution in [3.63, 3.8) is 0 Å². The van der Waals surface area contributed by atoms with E-state index in [1.54, 1.807) is 18.2 Å². The summed E-state index contributed by atoms with van der Waals surface area (Å²) in [6, 6.07) is 7.21. The fraction of sp³-hybridized carbons (Fsp3) is 0.375. The highest BCUT2D eigenvalue weighted by Gasteiger charge is 2.32. The summed E-state index contributed by atoms with van der Waals surface area (Å²) in [5, 5.41) is 12.5. The second-order valence-electron chi connectivity index (χ2n) is 5.27.